The summed E-state index contributed by atoms with van der Waals surface area (Å²) in [5.74, 6) is 0. The maximum absolute atomic E-state index is 11.8. The smallest absolute Gasteiger partial charge is 0.289 e. The van der Waals surface area contributed by atoms with E-state index < -0.39 is 0 Å². The van der Waals surface area contributed by atoms with Gasteiger partial charge in [-0.3, -0.25) is 9.55 Å². The fourth-order valence-electron chi connectivity index (χ4n) is 1.85. The quantitative estimate of drug-likeness (QED) is 0.823. The van der Waals surface area contributed by atoms with E-state index in [-0.39, 0.29) is 5.69 Å². The predicted octanol–water partition coefficient (Wildman–Crippen LogP) is 2.34. The zero-order valence-electron chi connectivity index (χ0n) is 10.9. The summed E-state index contributed by atoms with van der Waals surface area (Å²) in [5, 5.41) is 0. The van der Waals surface area contributed by atoms with Crippen LogP contribution >= 0.6 is 0 Å². The summed E-state index contributed by atoms with van der Waals surface area (Å²) in [7, 11) is 0. The molecule has 0 saturated heterocycles. The molecule has 2 aromatic heterocycles. The molecule has 2 aromatic rings. The zero-order chi connectivity index (χ0) is 13.1. The fraction of sp³-hybridized carbons (Fsp3) is 0.462. The lowest BCUT2D eigenvalue weighted by Gasteiger charge is -2.03. The normalized spacial score (nSPS) is 11.0. The number of aryl methyl sites for hydroxylation is 1. The Bertz CT molecular complexity index is 623. The van der Waals surface area contributed by atoms with Crippen molar-refractivity contribution in [3.8, 4) is 0 Å². The summed E-state index contributed by atoms with van der Waals surface area (Å²) in [6, 6.07) is 0. The van der Waals surface area contributed by atoms with Gasteiger partial charge in [0.2, 0.25) is 0 Å². The number of aromatic nitrogens is 4. The van der Waals surface area contributed by atoms with Gasteiger partial charge >= 0.3 is 5.69 Å². The van der Waals surface area contributed by atoms with Crippen molar-refractivity contribution in [2.24, 2.45) is 0 Å². The molecule has 0 saturated carbocycles. The Labute approximate surface area is 106 Å². The minimum Gasteiger partial charge on any atom is -0.289 e. The van der Waals surface area contributed by atoms with Crippen molar-refractivity contribution in [1.29, 1.82) is 0 Å². The van der Waals surface area contributed by atoms with Crippen LogP contribution in [0.4, 0.5) is 0 Å². The zero-order valence-corrected chi connectivity index (χ0v) is 10.9. The molecule has 0 aliphatic rings. The summed E-state index contributed by atoms with van der Waals surface area (Å²) in [6.45, 7) is 8.54. The van der Waals surface area contributed by atoms with Crippen LogP contribution in [-0.4, -0.2) is 19.5 Å². The maximum Gasteiger partial charge on any atom is 0.328 e. The molecule has 0 spiro atoms. The molecule has 96 valence electrons. The van der Waals surface area contributed by atoms with E-state index in [0.717, 1.165) is 30.5 Å². The number of hydrogen-bond acceptors (Lipinski definition) is 3. The van der Waals surface area contributed by atoms with E-state index in [2.05, 4.69) is 28.5 Å². The van der Waals surface area contributed by atoms with Crippen molar-refractivity contribution in [3.05, 3.63) is 29.0 Å². The van der Waals surface area contributed by atoms with Crippen LogP contribution in [0.3, 0.4) is 0 Å². The van der Waals surface area contributed by atoms with E-state index in [9.17, 15) is 4.79 Å². The monoisotopic (exact) mass is 246 g/mol. The maximum atomic E-state index is 11.8. The Hall–Kier alpha value is -1.91. The van der Waals surface area contributed by atoms with Crippen LogP contribution in [0.15, 0.2) is 17.6 Å². The number of nitrogens with one attached hydrogen (secondary N) is 1. The molecule has 0 radical (unpaired) electrons. The number of hydrogen-bond donors (Lipinski definition) is 1. The highest BCUT2D eigenvalue weighted by atomic mass is 16.1. The summed E-state index contributed by atoms with van der Waals surface area (Å²) >= 11 is 0. The highest BCUT2D eigenvalue weighted by Crippen LogP contribution is 2.11. The largest absolute Gasteiger partial charge is 0.328 e. The Kier molecular flexibility index (Phi) is 3.60. The average molecular weight is 246 g/mol. The third-order valence-corrected chi connectivity index (χ3v) is 2.90. The van der Waals surface area contributed by atoms with E-state index in [0.29, 0.717) is 17.8 Å². The second-order valence-corrected chi connectivity index (χ2v) is 4.50. The van der Waals surface area contributed by atoms with Crippen LogP contribution in [0.2, 0.25) is 0 Å². The molecule has 0 atom stereocenters. The Morgan fingerprint density at radius 1 is 1.50 bits per heavy atom. The van der Waals surface area contributed by atoms with Crippen LogP contribution in [0.5, 0.6) is 0 Å². The molecule has 0 bridgehead atoms. The minimum absolute atomic E-state index is 0.139. The first-order valence-electron chi connectivity index (χ1n) is 6.25. The summed E-state index contributed by atoms with van der Waals surface area (Å²) in [5.41, 5.74) is 2.60. The highest BCUT2D eigenvalue weighted by molar-refractivity contribution is 5.69. The molecule has 5 nitrogen and oxygen atoms in total. The van der Waals surface area contributed by atoms with Crippen molar-refractivity contribution in [1.82, 2.24) is 19.5 Å². The van der Waals surface area contributed by atoms with Gasteiger partial charge in [0, 0.05) is 6.54 Å². The van der Waals surface area contributed by atoms with Crippen molar-refractivity contribution in [2.75, 3.05) is 0 Å². The number of unbranched alkanes of at least 4 members (excludes halogenated alkanes) is 2. The standard InChI is InChI=1S/C13H18N4O/c1-4-5-6-7-17-12-11(16-13(17)18)14-8-10(15-12)9(2)3/h8H,2,4-7H2,1,3H3,(H,14,16,18). The molecule has 0 aliphatic carbocycles. The van der Waals surface area contributed by atoms with Gasteiger partial charge in [-0.05, 0) is 18.9 Å². The van der Waals surface area contributed by atoms with Gasteiger partial charge < -0.3 is 0 Å². The van der Waals surface area contributed by atoms with Crippen LogP contribution in [0, 0.1) is 0 Å². The molecule has 2 rings (SSSR count). The lowest BCUT2D eigenvalue weighted by Crippen LogP contribution is -2.17. The van der Waals surface area contributed by atoms with E-state index in [1.807, 2.05) is 6.92 Å². The molecule has 2 heterocycles. The molecule has 0 aromatic carbocycles. The number of nitrogens with zero attached hydrogens (tertiary/aromatic N) is 3. The number of imidazole rings is 1. The number of H-pyrrole nitrogens is 1. The van der Waals surface area contributed by atoms with Crippen molar-refractivity contribution >= 4 is 16.9 Å². The first kappa shape index (κ1) is 12.5. The van der Waals surface area contributed by atoms with E-state index in [4.69, 9.17) is 0 Å². The van der Waals surface area contributed by atoms with E-state index in [1.165, 1.54) is 0 Å². The van der Waals surface area contributed by atoms with Crippen LogP contribution in [0.25, 0.3) is 16.9 Å². The summed E-state index contributed by atoms with van der Waals surface area (Å²) in [6.07, 6.45) is 4.84. The first-order chi connectivity index (χ1) is 8.63. The van der Waals surface area contributed by atoms with Gasteiger partial charge in [0.05, 0.1) is 11.9 Å². The third kappa shape index (κ3) is 2.34. The Morgan fingerprint density at radius 3 is 2.94 bits per heavy atom. The van der Waals surface area contributed by atoms with Gasteiger partial charge in [0.15, 0.2) is 11.3 Å². The van der Waals surface area contributed by atoms with Crippen molar-refractivity contribution < 1.29 is 0 Å². The molecule has 0 unspecified atom stereocenters. The van der Waals surface area contributed by atoms with E-state index in [1.54, 1.807) is 10.8 Å². The van der Waals surface area contributed by atoms with Gasteiger partial charge in [0.1, 0.15) is 0 Å². The molecular formula is C13H18N4O. The van der Waals surface area contributed by atoms with Gasteiger partial charge in [0.25, 0.3) is 0 Å². The topological polar surface area (TPSA) is 63.6 Å². The molecular weight excluding hydrogens is 228 g/mol. The molecule has 0 amide bonds. The number of fused-ring (bicyclic) bond motifs is 1. The van der Waals surface area contributed by atoms with Gasteiger partial charge in [-0.2, -0.15) is 0 Å². The van der Waals surface area contributed by atoms with Crippen molar-refractivity contribution in [3.63, 3.8) is 0 Å². The molecule has 18 heavy (non-hydrogen) atoms. The molecule has 0 aliphatic heterocycles. The number of allylic oxidation sites excluding steroid dienone is 1. The number of rotatable bonds is 5. The minimum atomic E-state index is -0.139. The predicted molar refractivity (Wildman–Crippen MR) is 72.4 cm³/mol. The lowest BCUT2D eigenvalue weighted by atomic mass is 10.2. The first-order valence-corrected chi connectivity index (χ1v) is 6.25. The second-order valence-electron chi connectivity index (χ2n) is 4.50. The van der Waals surface area contributed by atoms with Gasteiger partial charge in [-0.15, -0.1) is 0 Å². The summed E-state index contributed by atoms with van der Waals surface area (Å²) in [4.78, 5) is 23.2. The highest BCUT2D eigenvalue weighted by Gasteiger charge is 2.10. The van der Waals surface area contributed by atoms with Crippen LogP contribution in [0.1, 0.15) is 38.8 Å². The average Bonchev–Trinajstić information content (AvgIpc) is 2.65. The molecule has 5 heteroatoms. The molecule has 1 N–H and O–H groups in total. The fourth-order valence-corrected chi connectivity index (χ4v) is 1.85. The Balaban J connectivity index is 2.43. The lowest BCUT2D eigenvalue weighted by molar-refractivity contribution is 0.597. The second kappa shape index (κ2) is 5.16. The Morgan fingerprint density at radius 2 is 2.28 bits per heavy atom. The third-order valence-electron chi connectivity index (χ3n) is 2.90. The molecule has 0 fully saturated rings. The SMILES string of the molecule is C=C(C)c1cnc2[nH]c(=O)n(CCCCC)c2n1. The van der Waals surface area contributed by atoms with Gasteiger partial charge in [-0.1, -0.05) is 26.3 Å². The number of aromatic amines is 1. The van der Waals surface area contributed by atoms with Gasteiger partial charge in [-0.25, -0.2) is 14.8 Å². The van der Waals surface area contributed by atoms with Crippen LogP contribution in [-0.2, 0) is 6.54 Å². The summed E-state index contributed by atoms with van der Waals surface area (Å²) < 4.78 is 1.66. The van der Waals surface area contributed by atoms with E-state index >= 15 is 0 Å². The van der Waals surface area contributed by atoms with Crippen LogP contribution < -0.4 is 5.69 Å². The van der Waals surface area contributed by atoms with Crippen molar-refractivity contribution in [2.45, 2.75) is 39.7 Å².